The van der Waals surface area contributed by atoms with E-state index in [1.54, 1.807) is 12.1 Å². The molecule has 0 atom stereocenters. The third-order valence-electron chi connectivity index (χ3n) is 3.60. The number of nitrogens with zero attached hydrogens (tertiary/aromatic N) is 1. The molecule has 0 spiro atoms. The van der Waals surface area contributed by atoms with Gasteiger partial charge in [-0.25, -0.2) is 13.1 Å². The maximum absolute atomic E-state index is 11.9. The van der Waals surface area contributed by atoms with E-state index in [4.69, 9.17) is 11.6 Å². The Bertz CT molecular complexity index is 978. The van der Waals surface area contributed by atoms with Crippen LogP contribution in [-0.2, 0) is 21.4 Å². The number of amides is 1. The van der Waals surface area contributed by atoms with Gasteiger partial charge in [-0.05, 0) is 23.3 Å². The number of nitro benzene ring substituents is 1. The minimum absolute atomic E-state index is 0.000175. The van der Waals surface area contributed by atoms with Crippen LogP contribution in [0.25, 0.3) is 6.08 Å². The van der Waals surface area contributed by atoms with Crippen molar-refractivity contribution < 1.29 is 18.1 Å². The fraction of sp³-hybridized carbons (Fsp3) is 0.167. The molecule has 0 saturated heterocycles. The van der Waals surface area contributed by atoms with Gasteiger partial charge in [0.15, 0.2) is 0 Å². The molecule has 2 aromatic rings. The zero-order valence-electron chi connectivity index (χ0n) is 14.7. The average molecular weight is 424 g/mol. The lowest BCUT2D eigenvalue weighted by molar-refractivity contribution is -0.384. The summed E-state index contributed by atoms with van der Waals surface area (Å²) in [6.07, 6.45) is 2.54. The van der Waals surface area contributed by atoms with Crippen molar-refractivity contribution in [3.63, 3.8) is 0 Å². The molecule has 0 fully saturated rings. The van der Waals surface area contributed by atoms with E-state index in [0.29, 0.717) is 5.56 Å². The monoisotopic (exact) mass is 423 g/mol. The second kappa shape index (κ2) is 9.98. The Hall–Kier alpha value is -2.75. The second-order valence-corrected chi connectivity index (χ2v) is 8.05. The standard InChI is InChI=1S/C18H18ClN3O5S/c19-16-8-6-14(12-17(16)22(24)25)7-9-18(23)20-10-11-28(26,27)21-13-15-4-2-1-3-5-15/h1-9,12,21H,10-11,13H2,(H,20,23)/b9-7+. The van der Waals surface area contributed by atoms with E-state index in [0.717, 1.165) is 11.6 Å². The highest BCUT2D eigenvalue weighted by Gasteiger charge is 2.12. The Morgan fingerprint density at radius 2 is 1.89 bits per heavy atom. The van der Waals surface area contributed by atoms with Crippen molar-refractivity contribution in [3.8, 4) is 0 Å². The van der Waals surface area contributed by atoms with Crippen molar-refractivity contribution in [1.82, 2.24) is 10.0 Å². The van der Waals surface area contributed by atoms with Gasteiger partial charge in [0.2, 0.25) is 15.9 Å². The molecular formula is C18H18ClN3O5S. The van der Waals surface area contributed by atoms with Crippen LogP contribution in [0.15, 0.2) is 54.6 Å². The average Bonchev–Trinajstić information content (AvgIpc) is 2.66. The van der Waals surface area contributed by atoms with Crippen LogP contribution in [0.1, 0.15) is 11.1 Å². The SMILES string of the molecule is O=C(/C=C/c1ccc(Cl)c([N+](=O)[O-])c1)NCCS(=O)(=O)NCc1ccccc1. The number of hydrogen-bond donors (Lipinski definition) is 2. The van der Waals surface area contributed by atoms with Gasteiger partial charge in [-0.3, -0.25) is 14.9 Å². The second-order valence-electron chi connectivity index (χ2n) is 5.72. The van der Waals surface area contributed by atoms with Gasteiger partial charge in [0.25, 0.3) is 5.69 Å². The van der Waals surface area contributed by atoms with Crippen LogP contribution in [0.5, 0.6) is 0 Å². The molecule has 2 rings (SSSR count). The van der Waals surface area contributed by atoms with Gasteiger partial charge in [0.1, 0.15) is 5.02 Å². The van der Waals surface area contributed by atoms with Crippen LogP contribution >= 0.6 is 11.6 Å². The summed E-state index contributed by atoms with van der Waals surface area (Å²) in [5.41, 5.74) is 0.985. The summed E-state index contributed by atoms with van der Waals surface area (Å²) < 4.78 is 26.3. The maximum Gasteiger partial charge on any atom is 0.288 e. The van der Waals surface area contributed by atoms with Crippen LogP contribution in [0.2, 0.25) is 5.02 Å². The van der Waals surface area contributed by atoms with Crippen LogP contribution in [0.3, 0.4) is 0 Å². The predicted octanol–water partition coefficient (Wildman–Crippen LogP) is 2.50. The minimum Gasteiger partial charge on any atom is -0.351 e. The number of carbonyl (C=O) groups is 1. The fourth-order valence-corrected chi connectivity index (χ4v) is 3.26. The summed E-state index contributed by atoms with van der Waals surface area (Å²) in [4.78, 5) is 22.0. The van der Waals surface area contributed by atoms with Crippen molar-refractivity contribution in [2.24, 2.45) is 0 Å². The molecule has 0 saturated carbocycles. The lowest BCUT2D eigenvalue weighted by atomic mass is 10.2. The highest BCUT2D eigenvalue weighted by molar-refractivity contribution is 7.89. The molecule has 1 amide bonds. The van der Waals surface area contributed by atoms with E-state index in [-0.39, 0.29) is 29.6 Å². The Balaban J connectivity index is 1.81. The molecule has 0 aromatic heterocycles. The first-order valence-electron chi connectivity index (χ1n) is 8.18. The number of nitrogens with one attached hydrogen (secondary N) is 2. The molecule has 0 aliphatic carbocycles. The number of benzene rings is 2. The number of hydrogen-bond acceptors (Lipinski definition) is 5. The quantitative estimate of drug-likeness (QED) is 0.365. The lowest BCUT2D eigenvalue weighted by Gasteiger charge is -2.07. The van der Waals surface area contributed by atoms with E-state index < -0.39 is 20.9 Å². The Labute approximate surface area is 167 Å². The van der Waals surface area contributed by atoms with Crippen LogP contribution < -0.4 is 10.0 Å². The molecule has 0 aliphatic heterocycles. The van der Waals surface area contributed by atoms with Gasteiger partial charge >= 0.3 is 0 Å². The van der Waals surface area contributed by atoms with Crippen LogP contribution in [0, 0.1) is 10.1 Å². The molecule has 0 bridgehead atoms. The van der Waals surface area contributed by atoms with E-state index >= 15 is 0 Å². The van der Waals surface area contributed by atoms with E-state index in [9.17, 15) is 23.3 Å². The number of halogens is 1. The highest BCUT2D eigenvalue weighted by atomic mass is 35.5. The summed E-state index contributed by atoms with van der Waals surface area (Å²) in [6.45, 7) is 0.0976. The van der Waals surface area contributed by atoms with Crippen molar-refractivity contribution in [2.45, 2.75) is 6.54 Å². The molecule has 2 aromatic carbocycles. The molecule has 0 unspecified atom stereocenters. The molecule has 2 N–H and O–H groups in total. The largest absolute Gasteiger partial charge is 0.351 e. The van der Waals surface area contributed by atoms with Crippen molar-refractivity contribution >= 4 is 39.3 Å². The highest BCUT2D eigenvalue weighted by Crippen LogP contribution is 2.25. The number of nitro groups is 1. The Morgan fingerprint density at radius 1 is 1.18 bits per heavy atom. The molecule has 148 valence electrons. The number of carbonyl (C=O) groups excluding carboxylic acids is 1. The normalized spacial score (nSPS) is 11.5. The van der Waals surface area contributed by atoms with E-state index in [1.165, 1.54) is 24.3 Å². The van der Waals surface area contributed by atoms with Crippen LogP contribution in [-0.4, -0.2) is 31.5 Å². The predicted molar refractivity (Wildman–Crippen MR) is 107 cm³/mol. The maximum atomic E-state index is 11.9. The molecular weight excluding hydrogens is 406 g/mol. The van der Waals surface area contributed by atoms with Crippen LogP contribution in [0.4, 0.5) is 5.69 Å². The number of sulfonamides is 1. The van der Waals surface area contributed by atoms with Gasteiger partial charge in [-0.1, -0.05) is 48.0 Å². The van der Waals surface area contributed by atoms with Gasteiger partial charge in [-0.15, -0.1) is 0 Å². The van der Waals surface area contributed by atoms with E-state index in [2.05, 4.69) is 10.0 Å². The van der Waals surface area contributed by atoms with Crippen molar-refractivity contribution in [2.75, 3.05) is 12.3 Å². The van der Waals surface area contributed by atoms with Gasteiger partial charge in [0.05, 0.1) is 10.7 Å². The first-order valence-corrected chi connectivity index (χ1v) is 10.2. The number of rotatable bonds is 9. The third kappa shape index (κ3) is 7.10. The summed E-state index contributed by atoms with van der Waals surface area (Å²) in [5.74, 6) is -0.790. The molecule has 10 heteroatoms. The third-order valence-corrected chi connectivity index (χ3v) is 5.25. The molecule has 0 radical (unpaired) electrons. The first kappa shape index (κ1) is 21.5. The summed E-state index contributed by atoms with van der Waals surface area (Å²) >= 11 is 5.72. The molecule has 0 aliphatic rings. The van der Waals surface area contributed by atoms with Gasteiger partial charge < -0.3 is 5.32 Å². The van der Waals surface area contributed by atoms with Crippen molar-refractivity contribution in [3.05, 3.63) is 80.9 Å². The van der Waals surface area contributed by atoms with Gasteiger partial charge in [0, 0.05) is 25.2 Å². The smallest absolute Gasteiger partial charge is 0.288 e. The topological polar surface area (TPSA) is 118 Å². The fourth-order valence-electron chi connectivity index (χ4n) is 2.17. The summed E-state index contributed by atoms with van der Waals surface area (Å²) in [6, 6.07) is 13.2. The van der Waals surface area contributed by atoms with Gasteiger partial charge in [-0.2, -0.15) is 0 Å². The minimum atomic E-state index is -3.54. The summed E-state index contributed by atoms with van der Waals surface area (Å²) in [7, 11) is -3.54. The van der Waals surface area contributed by atoms with E-state index in [1.807, 2.05) is 18.2 Å². The zero-order chi connectivity index (χ0) is 20.6. The first-order chi connectivity index (χ1) is 13.3. The zero-order valence-corrected chi connectivity index (χ0v) is 16.2. The molecule has 8 nitrogen and oxygen atoms in total. The Morgan fingerprint density at radius 3 is 2.57 bits per heavy atom. The summed E-state index contributed by atoms with van der Waals surface area (Å²) in [5, 5.41) is 13.3. The van der Waals surface area contributed by atoms with Crippen molar-refractivity contribution in [1.29, 1.82) is 0 Å². The molecule has 28 heavy (non-hydrogen) atoms. The molecule has 0 heterocycles. The Kier molecular flexibility index (Phi) is 7.68. The lowest BCUT2D eigenvalue weighted by Crippen LogP contribution is -2.33.